The fraction of sp³-hybridized carbons (Fsp3) is 0.429. The van der Waals surface area contributed by atoms with Crippen molar-refractivity contribution >= 4 is 0 Å². The predicted octanol–water partition coefficient (Wildman–Crippen LogP) is 3.60. The molecule has 1 rings (SSSR count). The van der Waals surface area contributed by atoms with Crippen LogP contribution < -0.4 is 4.74 Å². The Hall–Kier alpha value is -1.42. The molecule has 80 valence electrons. The number of hydrogen-bond acceptors (Lipinski definition) is 1. The molecule has 1 unspecified atom stereocenters. The lowest BCUT2D eigenvalue weighted by Gasteiger charge is -2.12. The van der Waals surface area contributed by atoms with Gasteiger partial charge in [-0.25, -0.2) is 0 Å². The van der Waals surface area contributed by atoms with Gasteiger partial charge in [-0.1, -0.05) is 19.1 Å². The maximum atomic E-state index is 5.14. The predicted molar refractivity (Wildman–Crippen MR) is 64.1 cm³/mol. The van der Waals surface area contributed by atoms with E-state index in [0.717, 1.165) is 18.6 Å². The van der Waals surface area contributed by atoms with E-state index in [1.54, 1.807) is 7.11 Å². The van der Waals surface area contributed by atoms with Crippen LogP contribution in [0.2, 0.25) is 0 Å². The minimum absolute atomic E-state index is 0.545. The molecule has 0 amide bonds. The highest BCUT2D eigenvalue weighted by atomic mass is 16.5. The molecule has 0 fully saturated rings. The summed E-state index contributed by atoms with van der Waals surface area (Å²) >= 11 is 0. The average Bonchev–Trinajstić information content (AvgIpc) is 2.31. The van der Waals surface area contributed by atoms with Crippen LogP contribution in [0.25, 0.3) is 0 Å². The van der Waals surface area contributed by atoms with Gasteiger partial charge in [0.05, 0.1) is 7.11 Å². The first-order valence-corrected chi connectivity index (χ1v) is 5.35. The third kappa shape index (κ3) is 3.32. The Morgan fingerprint density at radius 2 is 1.93 bits per heavy atom. The smallest absolute Gasteiger partial charge is 0.118 e. The van der Waals surface area contributed by atoms with Crippen LogP contribution in [0.15, 0.2) is 24.3 Å². The summed E-state index contributed by atoms with van der Waals surface area (Å²) in [4.78, 5) is 0. The van der Waals surface area contributed by atoms with Crippen LogP contribution in [-0.4, -0.2) is 7.11 Å². The van der Waals surface area contributed by atoms with E-state index in [9.17, 15) is 0 Å². The molecule has 15 heavy (non-hydrogen) atoms. The summed E-state index contributed by atoms with van der Waals surface area (Å²) in [6.07, 6.45) is 2.07. The van der Waals surface area contributed by atoms with Crippen molar-refractivity contribution in [2.24, 2.45) is 0 Å². The second kappa shape index (κ2) is 6.14. The largest absolute Gasteiger partial charge is 0.497 e. The molecule has 0 spiro atoms. The van der Waals surface area contributed by atoms with Gasteiger partial charge in [0.2, 0.25) is 0 Å². The standard InChI is InChI=1S/C14H18O/c1-4-6-7-12(5-2)13-8-10-14(15-3)11-9-13/h8-12H,5,7H2,1-3H3. The van der Waals surface area contributed by atoms with Crippen molar-refractivity contribution in [3.63, 3.8) is 0 Å². The molecule has 0 bridgehead atoms. The van der Waals surface area contributed by atoms with Crippen molar-refractivity contribution in [2.45, 2.75) is 32.6 Å². The topological polar surface area (TPSA) is 9.23 Å². The maximum Gasteiger partial charge on any atom is 0.118 e. The summed E-state index contributed by atoms with van der Waals surface area (Å²) in [5.41, 5.74) is 1.35. The van der Waals surface area contributed by atoms with Crippen molar-refractivity contribution in [3.8, 4) is 17.6 Å². The summed E-state index contributed by atoms with van der Waals surface area (Å²) in [5.74, 6) is 7.55. The zero-order valence-corrected chi connectivity index (χ0v) is 9.71. The van der Waals surface area contributed by atoms with Gasteiger partial charge in [0.15, 0.2) is 0 Å². The maximum absolute atomic E-state index is 5.14. The Labute approximate surface area is 92.5 Å². The Balaban J connectivity index is 2.76. The van der Waals surface area contributed by atoms with Crippen molar-refractivity contribution in [1.82, 2.24) is 0 Å². The normalized spacial score (nSPS) is 11.4. The lowest BCUT2D eigenvalue weighted by Crippen LogP contribution is -1.96. The molecule has 1 atom stereocenters. The molecule has 0 saturated heterocycles. The van der Waals surface area contributed by atoms with Crippen molar-refractivity contribution in [3.05, 3.63) is 29.8 Å². The summed E-state index contributed by atoms with van der Waals surface area (Å²) in [6, 6.07) is 8.28. The monoisotopic (exact) mass is 202 g/mol. The molecular formula is C14H18O. The molecule has 0 aliphatic heterocycles. The molecule has 1 heteroatoms. The Morgan fingerprint density at radius 3 is 2.40 bits per heavy atom. The Morgan fingerprint density at radius 1 is 1.27 bits per heavy atom. The number of rotatable bonds is 4. The van der Waals surface area contributed by atoms with Gasteiger partial charge in [0.1, 0.15) is 5.75 Å². The molecule has 0 aliphatic rings. The first kappa shape index (κ1) is 11.7. The first-order valence-electron chi connectivity index (χ1n) is 5.35. The van der Waals surface area contributed by atoms with Crippen LogP contribution in [0, 0.1) is 11.8 Å². The Kier molecular flexibility index (Phi) is 4.77. The fourth-order valence-electron chi connectivity index (χ4n) is 1.60. The van der Waals surface area contributed by atoms with E-state index >= 15 is 0 Å². The molecule has 1 aromatic carbocycles. The lowest BCUT2D eigenvalue weighted by atomic mass is 9.93. The van der Waals surface area contributed by atoms with Gasteiger partial charge in [0.25, 0.3) is 0 Å². The van der Waals surface area contributed by atoms with Gasteiger partial charge in [-0.15, -0.1) is 11.8 Å². The third-order valence-corrected chi connectivity index (χ3v) is 2.61. The number of hydrogen-bond donors (Lipinski definition) is 0. The fourth-order valence-corrected chi connectivity index (χ4v) is 1.60. The van der Waals surface area contributed by atoms with Crippen molar-refractivity contribution in [1.29, 1.82) is 0 Å². The van der Waals surface area contributed by atoms with E-state index in [1.807, 2.05) is 19.1 Å². The molecular weight excluding hydrogens is 184 g/mol. The van der Waals surface area contributed by atoms with Crippen LogP contribution in [0.4, 0.5) is 0 Å². The zero-order valence-electron chi connectivity index (χ0n) is 9.71. The van der Waals surface area contributed by atoms with E-state index in [1.165, 1.54) is 5.56 Å². The van der Waals surface area contributed by atoms with Crippen molar-refractivity contribution in [2.75, 3.05) is 7.11 Å². The summed E-state index contributed by atoms with van der Waals surface area (Å²) in [6.45, 7) is 4.09. The molecule has 1 aromatic rings. The van der Waals surface area contributed by atoms with Crippen LogP contribution in [0.1, 0.15) is 38.2 Å². The molecule has 0 N–H and O–H groups in total. The third-order valence-electron chi connectivity index (χ3n) is 2.61. The van der Waals surface area contributed by atoms with E-state index in [-0.39, 0.29) is 0 Å². The lowest BCUT2D eigenvalue weighted by molar-refractivity contribution is 0.414. The van der Waals surface area contributed by atoms with Gasteiger partial charge in [-0.05, 0) is 37.0 Å². The zero-order chi connectivity index (χ0) is 11.1. The summed E-state index contributed by atoms with van der Waals surface area (Å²) in [7, 11) is 1.69. The molecule has 0 aliphatic carbocycles. The minimum atomic E-state index is 0.545. The summed E-state index contributed by atoms with van der Waals surface area (Å²) in [5, 5.41) is 0. The van der Waals surface area contributed by atoms with E-state index in [0.29, 0.717) is 5.92 Å². The highest BCUT2D eigenvalue weighted by molar-refractivity contribution is 5.30. The van der Waals surface area contributed by atoms with Gasteiger partial charge in [-0.3, -0.25) is 0 Å². The van der Waals surface area contributed by atoms with Gasteiger partial charge in [-0.2, -0.15) is 0 Å². The molecule has 0 heterocycles. The van der Waals surface area contributed by atoms with E-state index < -0.39 is 0 Å². The molecule has 1 nitrogen and oxygen atoms in total. The highest BCUT2D eigenvalue weighted by Gasteiger charge is 2.07. The van der Waals surface area contributed by atoms with Gasteiger partial charge in [0, 0.05) is 6.42 Å². The molecule has 0 saturated carbocycles. The minimum Gasteiger partial charge on any atom is -0.497 e. The number of ether oxygens (including phenoxy) is 1. The number of methoxy groups -OCH3 is 1. The van der Waals surface area contributed by atoms with Crippen LogP contribution >= 0.6 is 0 Å². The number of benzene rings is 1. The van der Waals surface area contributed by atoms with E-state index in [2.05, 4.69) is 30.9 Å². The van der Waals surface area contributed by atoms with Gasteiger partial charge >= 0.3 is 0 Å². The second-order valence-corrected chi connectivity index (χ2v) is 3.51. The molecule has 0 aromatic heterocycles. The highest BCUT2D eigenvalue weighted by Crippen LogP contribution is 2.24. The second-order valence-electron chi connectivity index (χ2n) is 3.51. The summed E-state index contributed by atoms with van der Waals surface area (Å²) < 4.78 is 5.14. The van der Waals surface area contributed by atoms with Crippen LogP contribution in [0.3, 0.4) is 0 Å². The van der Waals surface area contributed by atoms with Crippen molar-refractivity contribution < 1.29 is 4.74 Å². The SMILES string of the molecule is CC#CCC(CC)c1ccc(OC)cc1. The van der Waals surface area contributed by atoms with Crippen LogP contribution in [-0.2, 0) is 0 Å². The van der Waals surface area contributed by atoms with Gasteiger partial charge < -0.3 is 4.74 Å². The molecule has 0 radical (unpaired) electrons. The Bertz CT molecular complexity index is 340. The quantitative estimate of drug-likeness (QED) is 0.678. The van der Waals surface area contributed by atoms with Crippen LogP contribution in [0.5, 0.6) is 5.75 Å². The average molecular weight is 202 g/mol. The van der Waals surface area contributed by atoms with E-state index in [4.69, 9.17) is 4.74 Å². The first-order chi connectivity index (χ1) is 7.31.